The summed E-state index contributed by atoms with van der Waals surface area (Å²) in [6.07, 6.45) is 4.31. The summed E-state index contributed by atoms with van der Waals surface area (Å²) in [7, 11) is 1.62. The van der Waals surface area contributed by atoms with Gasteiger partial charge in [-0.3, -0.25) is 4.79 Å². The van der Waals surface area contributed by atoms with Crippen molar-refractivity contribution < 1.29 is 9.53 Å². The van der Waals surface area contributed by atoms with Crippen molar-refractivity contribution in [3.63, 3.8) is 0 Å². The summed E-state index contributed by atoms with van der Waals surface area (Å²) in [5, 5.41) is 6.52. The Morgan fingerprint density at radius 1 is 1.67 bits per heavy atom. The number of amides is 1. The lowest BCUT2D eigenvalue weighted by Gasteiger charge is -2.24. The summed E-state index contributed by atoms with van der Waals surface area (Å²) < 4.78 is 4.86. The molecule has 0 aromatic rings. The molecule has 1 saturated heterocycles. The average molecular weight is 212 g/mol. The number of hydrogen-bond acceptors (Lipinski definition) is 3. The number of hydrogen-bond donors (Lipinski definition) is 2. The summed E-state index contributed by atoms with van der Waals surface area (Å²) in [6, 6.07) is 0. The first-order valence-electron chi connectivity index (χ1n) is 5.77. The van der Waals surface area contributed by atoms with Gasteiger partial charge in [0.2, 0.25) is 5.91 Å². The van der Waals surface area contributed by atoms with Crippen molar-refractivity contribution in [2.75, 3.05) is 26.8 Å². The molecule has 1 heterocycles. The largest absolute Gasteiger partial charge is 0.384 e. The fraction of sp³-hybridized carbons (Fsp3) is 0.909. The van der Waals surface area contributed by atoms with E-state index in [4.69, 9.17) is 4.74 Å². The smallest absolute Gasteiger partial charge is 0.222 e. The van der Waals surface area contributed by atoms with Gasteiger partial charge in [-0.2, -0.15) is 0 Å². The molecule has 4 heteroatoms. The summed E-state index contributed by atoms with van der Waals surface area (Å²) >= 11 is 0. The van der Waals surface area contributed by atoms with Crippen LogP contribution in [0.3, 0.4) is 0 Å². The minimum Gasteiger partial charge on any atom is -0.384 e. The molecular weight excluding hydrogens is 192 g/mol. The minimum absolute atomic E-state index is 0.101. The van der Waals surface area contributed by atoms with Crippen LogP contribution in [0, 0.1) is 5.92 Å². The molecule has 2 fully saturated rings. The van der Waals surface area contributed by atoms with Crippen molar-refractivity contribution in [2.24, 2.45) is 5.92 Å². The molecule has 2 N–H and O–H groups in total. The van der Waals surface area contributed by atoms with Gasteiger partial charge in [-0.1, -0.05) is 0 Å². The maximum Gasteiger partial charge on any atom is 0.222 e. The molecule has 2 rings (SSSR count). The lowest BCUT2D eigenvalue weighted by atomic mass is 10.1. The second-order valence-corrected chi connectivity index (χ2v) is 4.65. The maximum atomic E-state index is 11.4. The van der Waals surface area contributed by atoms with E-state index in [2.05, 4.69) is 10.6 Å². The second-order valence-electron chi connectivity index (χ2n) is 4.65. The highest BCUT2D eigenvalue weighted by Crippen LogP contribution is 2.48. The highest BCUT2D eigenvalue weighted by Gasteiger charge is 2.54. The van der Waals surface area contributed by atoms with Crippen molar-refractivity contribution in [3.05, 3.63) is 0 Å². The predicted octanol–water partition coefficient (Wildman–Crippen LogP) is 0.281. The summed E-state index contributed by atoms with van der Waals surface area (Å²) in [5.74, 6) is 0.901. The number of piperidine rings is 1. The van der Waals surface area contributed by atoms with Gasteiger partial charge >= 0.3 is 0 Å². The number of methoxy groups -OCH3 is 1. The molecule has 0 aromatic carbocycles. The fourth-order valence-electron chi connectivity index (χ4n) is 2.48. The minimum atomic E-state index is 0.101. The third kappa shape index (κ3) is 2.49. The van der Waals surface area contributed by atoms with Gasteiger partial charge in [0.15, 0.2) is 0 Å². The number of fused-ring (bicyclic) bond motifs is 1. The maximum absolute atomic E-state index is 11.4. The summed E-state index contributed by atoms with van der Waals surface area (Å²) in [4.78, 5) is 11.4. The predicted molar refractivity (Wildman–Crippen MR) is 57.6 cm³/mol. The van der Waals surface area contributed by atoms with Gasteiger partial charge in [0, 0.05) is 25.6 Å². The molecule has 86 valence electrons. The zero-order chi connectivity index (χ0) is 10.7. The van der Waals surface area contributed by atoms with Crippen LogP contribution in [0.5, 0.6) is 0 Å². The van der Waals surface area contributed by atoms with E-state index in [1.54, 1.807) is 7.11 Å². The number of ether oxygens (including phenoxy) is 1. The molecule has 1 aliphatic heterocycles. The molecule has 0 spiro atoms. The number of rotatable bonds is 5. The van der Waals surface area contributed by atoms with Crippen LogP contribution in [0.2, 0.25) is 0 Å². The van der Waals surface area contributed by atoms with Gasteiger partial charge in [0.25, 0.3) is 0 Å². The summed E-state index contributed by atoms with van der Waals surface area (Å²) in [5.41, 5.74) is 0.251. The first kappa shape index (κ1) is 10.9. The summed E-state index contributed by atoms with van der Waals surface area (Å²) in [6.45, 7) is 2.40. The van der Waals surface area contributed by atoms with E-state index < -0.39 is 0 Å². The Morgan fingerprint density at radius 2 is 2.53 bits per heavy atom. The Balaban J connectivity index is 1.67. The lowest BCUT2D eigenvalue weighted by molar-refractivity contribution is -0.122. The van der Waals surface area contributed by atoms with Crippen LogP contribution in [-0.4, -0.2) is 38.3 Å². The van der Waals surface area contributed by atoms with Crippen LogP contribution in [0.1, 0.15) is 25.7 Å². The zero-order valence-electron chi connectivity index (χ0n) is 9.34. The van der Waals surface area contributed by atoms with Gasteiger partial charge in [0.1, 0.15) is 0 Å². The molecule has 1 aliphatic carbocycles. The van der Waals surface area contributed by atoms with Crippen molar-refractivity contribution >= 4 is 5.91 Å². The van der Waals surface area contributed by atoms with Gasteiger partial charge < -0.3 is 15.4 Å². The van der Waals surface area contributed by atoms with Gasteiger partial charge in [-0.25, -0.2) is 0 Å². The number of carbonyl (C=O) groups excluding carboxylic acids is 1. The van der Waals surface area contributed by atoms with Crippen molar-refractivity contribution in [3.8, 4) is 0 Å². The molecule has 1 amide bonds. The number of carbonyl (C=O) groups is 1. The van der Waals surface area contributed by atoms with Crippen LogP contribution in [0.25, 0.3) is 0 Å². The van der Waals surface area contributed by atoms with E-state index in [0.717, 1.165) is 19.0 Å². The van der Waals surface area contributed by atoms with Crippen LogP contribution in [0.15, 0.2) is 0 Å². The van der Waals surface area contributed by atoms with E-state index in [1.807, 2.05) is 0 Å². The molecule has 0 bridgehead atoms. The molecular formula is C11H20N2O2. The lowest BCUT2D eigenvalue weighted by Crippen LogP contribution is -2.46. The SMILES string of the molecule is COCCC(=O)NCC12CC1CCCN2. The number of nitrogens with one attached hydrogen (secondary N) is 2. The van der Waals surface area contributed by atoms with E-state index in [9.17, 15) is 4.79 Å². The van der Waals surface area contributed by atoms with Gasteiger partial charge in [-0.05, 0) is 31.7 Å². The quantitative estimate of drug-likeness (QED) is 0.688. The van der Waals surface area contributed by atoms with E-state index in [-0.39, 0.29) is 11.4 Å². The van der Waals surface area contributed by atoms with Crippen molar-refractivity contribution in [2.45, 2.75) is 31.2 Å². The third-order valence-electron chi connectivity index (χ3n) is 3.57. The van der Waals surface area contributed by atoms with Crippen LogP contribution in [-0.2, 0) is 9.53 Å². The van der Waals surface area contributed by atoms with Crippen LogP contribution in [0.4, 0.5) is 0 Å². The Kier molecular flexibility index (Phi) is 3.26. The molecule has 15 heavy (non-hydrogen) atoms. The molecule has 0 radical (unpaired) electrons. The third-order valence-corrected chi connectivity index (χ3v) is 3.57. The first-order valence-corrected chi connectivity index (χ1v) is 5.77. The topological polar surface area (TPSA) is 50.4 Å². The second kappa shape index (κ2) is 4.49. The van der Waals surface area contributed by atoms with Crippen molar-refractivity contribution in [1.82, 2.24) is 10.6 Å². The molecule has 2 unspecified atom stereocenters. The Morgan fingerprint density at radius 3 is 3.27 bits per heavy atom. The molecule has 2 aliphatic rings. The first-order chi connectivity index (χ1) is 7.27. The van der Waals surface area contributed by atoms with Gasteiger partial charge in [-0.15, -0.1) is 0 Å². The van der Waals surface area contributed by atoms with Crippen LogP contribution < -0.4 is 10.6 Å². The van der Waals surface area contributed by atoms with E-state index in [1.165, 1.54) is 19.3 Å². The normalized spacial score (nSPS) is 33.3. The molecule has 2 atom stereocenters. The Bertz CT molecular complexity index is 245. The van der Waals surface area contributed by atoms with Crippen LogP contribution >= 0.6 is 0 Å². The van der Waals surface area contributed by atoms with Gasteiger partial charge in [0.05, 0.1) is 6.61 Å². The molecule has 4 nitrogen and oxygen atoms in total. The zero-order valence-corrected chi connectivity index (χ0v) is 9.34. The average Bonchev–Trinajstić information content (AvgIpc) is 2.98. The molecule has 1 saturated carbocycles. The monoisotopic (exact) mass is 212 g/mol. The Labute approximate surface area is 90.8 Å². The molecule has 0 aromatic heterocycles. The highest BCUT2D eigenvalue weighted by molar-refractivity contribution is 5.76. The Hall–Kier alpha value is -0.610. The van der Waals surface area contributed by atoms with Crippen molar-refractivity contribution in [1.29, 1.82) is 0 Å². The standard InChI is InChI=1S/C11H20N2O2/c1-15-6-4-10(14)12-8-11-7-9(11)3-2-5-13-11/h9,13H,2-8H2,1H3,(H,12,14). The van der Waals surface area contributed by atoms with E-state index in [0.29, 0.717) is 13.0 Å². The fourth-order valence-corrected chi connectivity index (χ4v) is 2.48. The van der Waals surface area contributed by atoms with E-state index >= 15 is 0 Å². The highest BCUT2D eigenvalue weighted by atomic mass is 16.5.